The zero-order chi connectivity index (χ0) is 22.6. The SMILES string of the molecule is CC(C)Cc1nnc(N2C(=O)c3oc4ccc(Cl)cc4c(=O)c3[C@H]2c2cccc(O)c2)s1. The van der Waals surface area contributed by atoms with Crippen molar-refractivity contribution >= 4 is 44.9 Å². The van der Waals surface area contributed by atoms with Gasteiger partial charge in [0.05, 0.1) is 17.0 Å². The molecule has 1 atom stereocenters. The second-order valence-electron chi connectivity index (χ2n) is 8.06. The predicted octanol–water partition coefficient (Wildman–Crippen LogP) is 4.95. The summed E-state index contributed by atoms with van der Waals surface area (Å²) < 4.78 is 5.90. The fraction of sp³-hybridized carbons (Fsp3) is 0.217. The molecule has 1 amide bonds. The number of phenolic OH excluding ortho intramolecular Hbond substituents is 1. The van der Waals surface area contributed by atoms with Crippen molar-refractivity contribution in [2.45, 2.75) is 26.3 Å². The largest absolute Gasteiger partial charge is 0.508 e. The molecule has 0 bridgehead atoms. The second-order valence-corrected chi connectivity index (χ2v) is 9.54. The zero-order valence-electron chi connectivity index (χ0n) is 17.2. The van der Waals surface area contributed by atoms with E-state index in [0.717, 1.165) is 11.4 Å². The quantitative estimate of drug-likeness (QED) is 0.456. The van der Waals surface area contributed by atoms with Crippen molar-refractivity contribution in [1.82, 2.24) is 10.2 Å². The lowest BCUT2D eigenvalue weighted by Gasteiger charge is -2.22. The molecule has 0 spiro atoms. The van der Waals surface area contributed by atoms with Gasteiger partial charge in [-0.15, -0.1) is 10.2 Å². The average molecular weight is 468 g/mol. The minimum absolute atomic E-state index is 0.0225. The van der Waals surface area contributed by atoms with E-state index < -0.39 is 11.9 Å². The fourth-order valence-electron chi connectivity index (χ4n) is 3.93. The molecule has 0 radical (unpaired) electrons. The molecule has 4 aromatic rings. The molecule has 162 valence electrons. The summed E-state index contributed by atoms with van der Waals surface area (Å²) >= 11 is 7.41. The third-order valence-corrected chi connectivity index (χ3v) is 6.44. The number of halogens is 1. The molecule has 0 fully saturated rings. The van der Waals surface area contributed by atoms with Gasteiger partial charge >= 0.3 is 0 Å². The highest BCUT2D eigenvalue weighted by Gasteiger charge is 2.45. The number of benzene rings is 2. The highest BCUT2D eigenvalue weighted by Crippen LogP contribution is 2.42. The Hall–Kier alpha value is -3.23. The number of nitrogens with zero attached hydrogens (tertiary/aromatic N) is 3. The number of fused-ring (bicyclic) bond motifs is 2. The number of hydrogen-bond donors (Lipinski definition) is 1. The van der Waals surface area contributed by atoms with Gasteiger partial charge in [-0.05, 0) is 41.8 Å². The minimum atomic E-state index is -0.816. The smallest absolute Gasteiger partial charge is 0.297 e. The third-order valence-electron chi connectivity index (χ3n) is 5.26. The topological polar surface area (TPSA) is 96.5 Å². The van der Waals surface area contributed by atoms with Gasteiger partial charge in [-0.1, -0.05) is 48.9 Å². The number of aromatic hydroxyl groups is 1. The number of hydrogen-bond acceptors (Lipinski definition) is 7. The molecule has 0 saturated heterocycles. The highest BCUT2D eigenvalue weighted by molar-refractivity contribution is 7.15. The Morgan fingerprint density at radius 3 is 2.75 bits per heavy atom. The molecule has 32 heavy (non-hydrogen) atoms. The first-order valence-corrected chi connectivity index (χ1v) is 11.2. The molecule has 0 aliphatic carbocycles. The van der Waals surface area contributed by atoms with Crippen LogP contribution in [0.4, 0.5) is 5.13 Å². The first kappa shape index (κ1) is 20.7. The van der Waals surface area contributed by atoms with E-state index >= 15 is 0 Å². The summed E-state index contributed by atoms with van der Waals surface area (Å²) in [6.07, 6.45) is 0.725. The molecule has 7 nitrogen and oxygen atoms in total. The van der Waals surface area contributed by atoms with Crippen LogP contribution in [0.1, 0.15) is 46.6 Å². The standard InChI is InChI=1S/C23H18ClN3O4S/c1-11(2)8-17-25-26-23(32-17)27-19(12-4-3-5-14(28)9-12)18-20(29)15-10-13(24)6-7-16(15)31-21(18)22(27)30/h3-7,9-11,19,28H,8H2,1-2H3/t19-/m1/s1. The molecule has 2 aromatic carbocycles. The summed E-state index contributed by atoms with van der Waals surface area (Å²) in [4.78, 5) is 28.4. The van der Waals surface area contributed by atoms with Gasteiger partial charge in [0, 0.05) is 11.4 Å². The monoisotopic (exact) mass is 467 g/mol. The van der Waals surface area contributed by atoms with Crippen LogP contribution in [-0.2, 0) is 6.42 Å². The lowest BCUT2D eigenvalue weighted by molar-refractivity contribution is 0.0970. The number of carbonyl (C=O) groups is 1. The highest BCUT2D eigenvalue weighted by atomic mass is 35.5. The molecule has 3 heterocycles. The second kappa shape index (κ2) is 7.72. The van der Waals surface area contributed by atoms with Gasteiger partial charge in [0.2, 0.25) is 10.9 Å². The Balaban J connectivity index is 1.75. The van der Waals surface area contributed by atoms with Gasteiger partial charge in [-0.25, -0.2) is 0 Å². The number of carbonyl (C=O) groups excluding carboxylic acids is 1. The first-order chi connectivity index (χ1) is 15.3. The van der Waals surface area contributed by atoms with Crippen LogP contribution in [0.3, 0.4) is 0 Å². The van der Waals surface area contributed by atoms with Gasteiger partial charge in [0.15, 0.2) is 5.43 Å². The maximum atomic E-state index is 13.5. The first-order valence-electron chi connectivity index (χ1n) is 10.0. The van der Waals surface area contributed by atoms with Crippen LogP contribution in [0.15, 0.2) is 51.7 Å². The van der Waals surface area contributed by atoms with Crippen LogP contribution >= 0.6 is 22.9 Å². The summed E-state index contributed by atoms with van der Waals surface area (Å²) in [6, 6.07) is 10.4. The molecule has 9 heteroatoms. The van der Waals surface area contributed by atoms with Gasteiger partial charge in [-0.2, -0.15) is 0 Å². The lowest BCUT2D eigenvalue weighted by atomic mass is 9.98. The van der Waals surface area contributed by atoms with Gasteiger partial charge in [0.1, 0.15) is 16.3 Å². The number of amides is 1. The van der Waals surface area contributed by atoms with Crippen LogP contribution < -0.4 is 10.3 Å². The molecular weight excluding hydrogens is 450 g/mol. The summed E-state index contributed by atoms with van der Waals surface area (Å²) in [5.74, 6) is -0.120. The van der Waals surface area contributed by atoms with Crippen molar-refractivity contribution in [3.05, 3.63) is 79.6 Å². The molecule has 1 aliphatic rings. The molecule has 1 N–H and O–H groups in total. The Kier molecular flexibility index (Phi) is 4.98. The van der Waals surface area contributed by atoms with Crippen molar-refractivity contribution < 1.29 is 14.3 Å². The van der Waals surface area contributed by atoms with Gasteiger partial charge in [-0.3, -0.25) is 14.5 Å². The molecular formula is C23H18ClN3O4S. The van der Waals surface area contributed by atoms with Crippen LogP contribution in [0.2, 0.25) is 5.02 Å². The van der Waals surface area contributed by atoms with E-state index in [2.05, 4.69) is 24.0 Å². The zero-order valence-corrected chi connectivity index (χ0v) is 18.8. The van der Waals surface area contributed by atoms with E-state index in [9.17, 15) is 14.7 Å². The maximum Gasteiger partial charge on any atom is 0.297 e. The third kappa shape index (κ3) is 3.36. The van der Waals surface area contributed by atoms with Crippen molar-refractivity contribution in [3.8, 4) is 5.75 Å². The number of rotatable bonds is 4. The fourth-order valence-corrected chi connectivity index (χ4v) is 5.18. The van der Waals surface area contributed by atoms with Crippen molar-refractivity contribution in [2.24, 2.45) is 5.92 Å². The molecule has 0 saturated carbocycles. The van der Waals surface area contributed by atoms with E-state index in [4.69, 9.17) is 16.0 Å². The maximum absolute atomic E-state index is 13.5. The normalized spacial score (nSPS) is 15.7. The Morgan fingerprint density at radius 1 is 1.19 bits per heavy atom. The molecule has 2 aromatic heterocycles. The average Bonchev–Trinajstić information content (AvgIpc) is 3.30. The van der Waals surface area contributed by atoms with E-state index in [0.29, 0.717) is 21.6 Å². The summed E-state index contributed by atoms with van der Waals surface area (Å²) in [7, 11) is 0. The van der Waals surface area contributed by atoms with E-state index in [1.165, 1.54) is 34.4 Å². The van der Waals surface area contributed by atoms with Crippen LogP contribution in [-0.4, -0.2) is 21.2 Å². The summed E-state index contributed by atoms with van der Waals surface area (Å²) in [5, 5.41) is 20.4. The number of phenols is 1. The molecule has 1 aliphatic heterocycles. The van der Waals surface area contributed by atoms with E-state index in [1.54, 1.807) is 24.3 Å². The minimum Gasteiger partial charge on any atom is -0.508 e. The lowest BCUT2D eigenvalue weighted by Crippen LogP contribution is -2.29. The van der Waals surface area contributed by atoms with Gasteiger partial charge in [0.25, 0.3) is 5.91 Å². The molecule has 5 rings (SSSR count). The Bertz CT molecular complexity index is 1430. The van der Waals surface area contributed by atoms with Crippen LogP contribution in [0.5, 0.6) is 5.75 Å². The summed E-state index contributed by atoms with van der Waals surface area (Å²) in [5.41, 5.74) is 0.683. The van der Waals surface area contributed by atoms with E-state index in [1.807, 2.05) is 0 Å². The Morgan fingerprint density at radius 2 is 2.00 bits per heavy atom. The van der Waals surface area contributed by atoms with Crippen molar-refractivity contribution in [1.29, 1.82) is 0 Å². The van der Waals surface area contributed by atoms with Gasteiger partial charge < -0.3 is 9.52 Å². The van der Waals surface area contributed by atoms with Crippen LogP contribution in [0, 0.1) is 5.92 Å². The summed E-state index contributed by atoms with van der Waals surface area (Å²) in [6.45, 7) is 4.15. The Labute approximate surface area is 191 Å². The number of aromatic nitrogens is 2. The van der Waals surface area contributed by atoms with E-state index in [-0.39, 0.29) is 33.5 Å². The van der Waals surface area contributed by atoms with Crippen molar-refractivity contribution in [3.63, 3.8) is 0 Å². The number of anilines is 1. The van der Waals surface area contributed by atoms with Crippen molar-refractivity contribution in [2.75, 3.05) is 4.90 Å². The molecule has 0 unspecified atom stereocenters. The van der Waals surface area contributed by atoms with Crippen LogP contribution in [0.25, 0.3) is 11.0 Å². The predicted molar refractivity (Wildman–Crippen MR) is 123 cm³/mol.